The summed E-state index contributed by atoms with van der Waals surface area (Å²) < 4.78 is 10.7. The van der Waals surface area contributed by atoms with Crippen molar-refractivity contribution in [3.05, 3.63) is 34.5 Å². The van der Waals surface area contributed by atoms with Crippen LogP contribution < -0.4 is 0 Å². The molecular weight excluding hydrogens is 330 g/mol. The van der Waals surface area contributed by atoms with Crippen molar-refractivity contribution in [3.8, 4) is 22.8 Å². The lowest BCUT2D eigenvalue weighted by atomic mass is 9.94. The molecule has 0 N–H and O–H groups in total. The first-order valence-corrected chi connectivity index (χ1v) is 9.05. The maximum atomic E-state index is 5.53. The van der Waals surface area contributed by atoms with Gasteiger partial charge in [-0.1, -0.05) is 17.2 Å². The van der Waals surface area contributed by atoms with Crippen molar-refractivity contribution < 1.29 is 9.05 Å². The van der Waals surface area contributed by atoms with Gasteiger partial charge in [-0.05, 0) is 51.3 Å². The third-order valence-corrected chi connectivity index (χ3v) is 4.97. The normalized spacial score (nSPS) is 14.6. The Balaban J connectivity index is 1.75. The van der Waals surface area contributed by atoms with Crippen LogP contribution in [0.2, 0.25) is 0 Å². The molecule has 0 aromatic carbocycles. The minimum Gasteiger partial charge on any atom is -0.361 e. The van der Waals surface area contributed by atoms with Crippen LogP contribution in [0.25, 0.3) is 22.8 Å². The molecule has 4 rings (SSSR count). The van der Waals surface area contributed by atoms with Crippen molar-refractivity contribution in [3.63, 3.8) is 0 Å². The Morgan fingerprint density at radius 2 is 1.92 bits per heavy atom. The molecule has 0 atom stereocenters. The smallest absolute Gasteiger partial charge is 0.263 e. The van der Waals surface area contributed by atoms with E-state index < -0.39 is 0 Å². The topological polar surface area (TPSA) is 81.1 Å². The van der Waals surface area contributed by atoms with Gasteiger partial charge < -0.3 is 9.05 Å². The van der Waals surface area contributed by atoms with Gasteiger partial charge >= 0.3 is 0 Å². The third-order valence-electron chi connectivity index (χ3n) is 4.97. The highest BCUT2D eigenvalue weighted by Crippen LogP contribution is 2.33. The fraction of sp³-hybridized carbons (Fsp3) is 0.474. The zero-order valence-corrected chi connectivity index (χ0v) is 15.7. The number of aryl methyl sites for hydroxylation is 3. The van der Waals surface area contributed by atoms with E-state index in [2.05, 4.69) is 32.1 Å². The summed E-state index contributed by atoms with van der Waals surface area (Å²) >= 11 is 0. The van der Waals surface area contributed by atoms with Crippen LogP contribution in [0.15, 0.2) is 15.2 Å². The first-order chi connectivity index (χ1) is 12.6. The van der Waals surface area contributed by atoms with Crippen LogP contribution in [0.4, 0.5) is 0 Å². The molecule has 136 valence electrons. The number of fused-ring (bicyclic) bond motifs is 1. The molecule has 3 aromatic rings. The van der Waals surface area contributed by atoms with E-state index in [1.807, 2.05) is 27.0 Å². The molecule has 0 bridgehead atoms. The molecule has 1 aliphatic heterocycles. The Bertz CT molecular complexity index is 924. The van der Waals surface area contributed by atoms with Crippen molar-refractivity contribution in [2.75, 3.05) is 13.1 Å². The second-order valence-electron chi connectivity index (χ2n) is 6.87. The number of hydrogen-bond acceptors (Lipinski definition) is 7. The van der Waals surface area contributed by atoms with Gasteiger partial charge in [-0.3, -0.25) is 9.88 Å². The lowest BCUT2D eigenvalue weighted by molar-refractivity contribution is 0.254. The van der Waals surface area contributed by atoms with Crippen LogP contribution in [0.3, 0.4) is 0 Å². The summed E-state index contributed by atoms with van der Waals surface area (Å²) in [5.74, 6) is 1.71. The molecule has 0 aliphatic carbocycles. The predicted octanol–water partition coefficient (Wildman–Crippen LogP) is 3.48. The third kappa shape index (κ3) is 2.82. The molecule has 0 saturated heterocycles. The number of pyridine rings is 1. The average molecular weight is 353 g/mol. The molecule has 0 saturated carbocycles. The highest BCUT2D eigenvalue weighted by molar-refractivity contribution is 5.67. The molecule has 26 heavy (non-hydrogen) atoms. The summed E-state index contributed by atoms with van der Waals surface area (Å²) in [5.41, 5.74) is 6.00. The summed E-state index contributed by atoms with van der Waals surface area (Å²) in [6.45, 7) is 11.0. The molecule has 3 aromatic heterocycles. The summed E-state index contributed by atoms with van der Waals surface area (Å²) in [5, 5.41) is 8.21. The lowest BCUT2D eigenvalue weighted by Crippen LogP contribution is -2.31. The highest BCUT2D eigenvalue weighted by Gasteiger charge is 2.25. The van der Waals surface area contributed by atoms with E-state index in [-0.39, 0.29) is 0 Å². The maximum Gasteiger partial charge on any atom is 0.263 e. The van der Waals surface area contributed by atoms with Crippen molar-refractivity contribution >= 4 is 0 Å². The molecule has 0 amide bonds. The SMILES string of the molecule is CCCN1CCc2c(cnc(C)c2-c2noc(-c3c(C)noc3C)n2)C1. The molecule has 0 radical (unpaired) electrons. The van der Waals surface area contributed by atoms with Gasteiger partial charge in [-0.25, -0.2) is 0 Å². The first-order valence-electron chi connectivity index (χ1n) is 9.05. The molecule has 4 heterocycles. The van der Waals surface area contributed by atoms with Crippen LogP contribution in [-0.4, -0.2) is 38.3 Å². The van der Waals surface area contributed by atoms with E-state index in [1.54, 1.807) is 0 Å². The molecular formula is C19H23N5O2. The largest absolute Gasteiger partial charge is 0.361 e. The van der Waals surface area contributed by atoms with Gasteiger partial charge in [0, 0.05) is 30.5 Å². The van der Waals surface area contributed by atoms with Gasteiger partial charge in [-0.15, -0.1) is 0 Å². The summed E-state index contributed by atoms with van der Waals surface area (Å²) in [6, 6.07) is 0. The molecule has 0 fully saturated rings. The molecule has 1 aliphatic rings. The minimum atomic E-state index is 0.441. The lowest BCUT2D eigenvalue weighted by Gasteiger charge is -2.29. The zero-order chi connectivity index (χ0) is 18.3. The number of aromatic nitrogens is 4. The predicted molar refractivity (Wildman–Crippen MR) is 96.5 cm³/mol. The Labute approximate surface area is 152 Å². The van der Waals surface area contributed by atoms with Crippen LogP contribution >= 0.6 is 0 Å². The first kappa shape index (κ1) is 16.9. The second-order valence-corrected chi connectivity index (χ2v) is 6.87. The van der Waals surface area contributed by atoms with E-state index in [9.17, 15) is 0 Å². The Morgan fingerprint density at radius 1 is 1.08 bits per heavy atom. The summed E-state index contributed by atoms with van der Waals surface area (Å²) in [4.78, 5) is 11.7. The second kappa shape index (κ2) is 6.64. The van der Waals surface area contributed by atoms with Crippen molar-refractivity contribution in [1.82, 2.24) is 25.2 Å². The molecule has 7 heteroatoms. The van der Waals surface area contributed by atoms with Crippen molar-refractivity contribution in [2.45, 2.75) is 47.1 Å². The number of hydrogen-bond donors (Lipinski definition) is 0. The number of nitrogens with zero attached hydrogens (tertiary/aromatic N) is 5. The fourth-order valence-electron chi connectivity index (χ4n) is 3.73. The van der Waals surface area contributed by atoms with Crippen LogP contribution in [0, 0.1) is 20.8 Å². The van der Waals surface area contributed by atoms with Crippen LogP contribution in [-0.2, 0) is 13.0 Å². The standard InChI is InChI=1S/C19H23N5O2/c1-5-7-24-8-6-15-14(10-24)9-20-11(2)17(15)18-21-19(26-23-18)16-12(3)22-25-13(16)4/h9H,5-8,10H2,1-4H3. The van der Waals surface area contributed by atoms with Gasteiger partial charge in [0.15, 0.2) is 0 Å². The van der Waals surface area contributed by atoms with E-state index in [0.717, 1.165) is 55.0 Å². The van der Waals surface area contributed by atoms with E-state index in [0.29, 0.717) is 17.5 Å². The maximum absolute atomic E-state index is 5.53. The summed E-state index contributed by atoms with van der Waals surface area (Å²) in [7, 11) is 0. The van der Waals surface area contributed by atoms with E-state index in [1.165, 1.54) is 11.1 Å². The van der Waals surface area contributed by atoms with Crippen LogP contribution in [0.5, 0.6) is 0 Å². The van der Waals surface area contributed by atoms with Crippen molar-refractivity contribution in [2.24, 2.45) is 0 Å². The van der Waals surface area contributed by atoms with E-state index >= 15 is 0 Å². The van der Waals surface area contributed by atoms with Gasteiger partial charge in [0.05, 0.1) is 5.69 Å². The fourth-order valence-corrected chi connectivity index (χ4v) is 3.73. The Morgan fingerprint density at radius 3 is 2.65 bits per heavy atom. The van der Waals surface area contributed by atoms with Gasteiger partial charge in [0.1, 0.15) is 11.3 Å². The zero-order valence-electron chi connectivity index (χ0n) is 15.7. The number of rotatable bonds is 4. The average Bonchev–Trinajstić information content (AvgIpc) is 3.21. The van der Waals surface area contributed by atoms with Crippen molar-refractivity contribution in [1.29, 1.82) is 0 Å². The minimum absolute atomic E-state index is 0.441. The summed E-state index contributed by atoms with van der Waals surface area (Å²) in [6.07, 6.45) is 4.13. The van der Waals surface area contributed by atoms with Gasteiger partial charge in [-0.2, -0.15) is 4.98 Å². The van der Waals surface area contributed by atoms with Gasteiger partial charge in [0.2, 0.25) is 5.82 Å². The monoisotopic (exact) mass is 353 g/mol. The molecule has 7 nitrogen and oxygen atoms in total. The Kier molecular flexibility index (Phi) is 4.32. The van der Waals surface area contributed by atoms with E-state index in [4.69, 9.17) is 9.05 Å². The highest BCUT2D eigenvalue weighted by atomic mass is 16.5. The Hall–Kier alpha value is -2.54. The molecule has 0 spiro atoms. The molecule has 0 unspecified atom stereocenters. The van der Waals surface area contributed by atoms with Gasteiger partial charge in [0.25, 0.3) is 5.89 Å². The van der Waals surface area contributed by atoms with Crippen LogP contribution in [0.1, 0.15) is 41.6 Å². The quantitative estimate of drug-likeness (QED) is 0.710.